The van der Waals surface area contributed by atoms with E-state index < -0.39 is 0 Å². The van der Waals surface area contributed by atoms with E-state index in [-0.39, 0.29) is 5.91 Å². The van der Waals surface area contributed by atoms with E-state index in [1.807, 2.05) is 40.6 Å². The van der Waals surface area contributed by atoms with E-state index in [0.29, 0.717) is 4.58 Å². The highest BCUT2D eigenvalue weighted by molar-refractivity contribution is 8.16. The van der Waals surface area contributed by atoms with Crippen LogP contribution in [0.5, 0.6) is 0 Å². The molecule has 5 rings (SSSR count). The average molecular weight is 449 g/mol. The van der Waals surface area contributed by atoms with Crippen molar-refractivity contribution in [2.75, 3.05) is 37.7 Å². The summed E-state index contributed by atoms with van der Waals surface area (Å²) in [5, 5.41) is 2.63. The van der Waals surface area contributed by atoms with Crippen molar-refractivity contribution in [3.63, 3.8) is 0 Å². The predicted molar refractivity (Wildman–Crippen MR) is 134 cm³/mol. The van der Waals surface area contributed by atoms with Crippen LogP contribution in [0.1, 0.15) is 32.5 Å². The smallest absolute Gasteiger partial charge is 0.253 e. The van der Waals surface area contributed by atoms with Gasteiger partial charge in [0.2, 0.25) is 0 Å². The lowest BCUT2D eigenvalue weighted by Gasteiger charge is -2.35. The van der Waals surface area contributed by atoms with Gasteiger partial charge in [0.15, 0.2) is 0 Å². The van der Waals surface area contributed by atoms with Crippen LogP contribution in [0.3, 0.4) is 0 Å². The lowest BCUT2D eigenvalue weighted by molar-refractivity contribution is 0.0629. The summed E-state index contributed by atoms with van der Waals surface area (Å²) in [5.41, 5.74) is 3.52. The Labute approximate surface area is 193 Å². The molecule has 2 fully saturated rings. The van der Waals surface area contributed by atoms with Crippen molar-refractivity contribution in [3.8, 4) is 0 Å². The van der Waals surface area contributed by atoms with Gasteiger partial charge in [0.05, 0.1) is 4.58 Å². The Morgan fingerprint density at radius 2 is 1.55 bits per heavy atom. The average Bonchev–Trinajstić information content (AvgIpc) is 2.85. The summed E-state index contributed by atoms with van der Waals surface area (Å²) >= 11 is 4.04. The van der Waals surface area contributed by atoms with Crippen LogP contribution in [-0.4, -0.2) is 53.4 Å². The summed E-state index contributed by atoms with van der Waals surface area (Å²) in [4.78, 5) is 17.5. The third-order valence-corrected chi connectivity index (χ3v) is 9.21. The van der Waals surface area contributed by atoms with E-state index in [9.17, 15) is 4.79 Å². The van der Waals surface area contributed by atoms with Gasteiger partial charge in [-0.05, 0) is 52.0 Å². The molecule has 3 aromatic carbocycles. The van der Waals surface area contributed by atoms with Gasteiger partial charge in [0.25, 0.3) is 5.91 Å². The minimum Gasteiger partial charge on any atom is -0.336 e. The van der Waals surface area contributed by atoms with Gasteiger partial charge < -0.3 is 4.90 Å². The van der Waals surface area contributed by atoms with Crippen molar-refractivity contribution >= 4 is 40.2 Å². The molecule has 2 saturated heterocycles. The fraction of sp³-hybridized carbons (Fsp3) is 0.346. The molecule has 5 heteroatoms. The first-order chi connectivity index (χ1) is 15.3. The molecule has 3 aromatic rings. The molecule has 2 heterocycles. The summed E-state index contributed by atoms with van der Waals surface area (Å²) in [6, 6.07) is 23.5. The number of hydrogen-bond acceptors (Lipinski definition) is 4. The lowest BCUT2D eigenvalue weighted by Crippen LogP contribution is -2.48. The van der Waals surface area contributed by atoms with Gasteiger partial charge in [0.1, 0.15) is 0 Å². The van der Waals surface area contributed by atoms with Gasteiger partial charge in [-0.1, -0.05) is 54.6 Å². The van der Waals surface area contributed by atoms with Crippen LogP contribution in [0, 0.1) is 0 Å². The number of carbonyl (C=O) groups is 1. The van der Waals surface area contributed by atoms with Crippen LogP contribution in [0.25, 0.3) is 10.8 Å². The molecule has 31 heavy (non-hydrogen) atoms. The highest BCUT2D eigenvalue weighted by Crippen LogP contribution is 2.43. The third kappa shape index (κ3) is 4.79. The third-order valence-electron chi connectivity index (χ3n) is 6.19. The number of rotatable bonds is 4. The second-order valence-corrected chi connectivity index (χ2v) is 11.0. The standard InChI is InChI=1S/C26H28N2OS2/c29-25(21-9-11-22(12-10-21)26-30-17-4-18-31-26)28-15-13-27(14-16-28)19-23-7-3-6-20-5-1-2-8-24(20)23/h1-3,5-12,26H,4,13-19H2. The first kappa shape index (κ1) is 20.9. The monoisotopic (exact) mass is 448 g/mol. The van der Waals surface area contributed by atoms with E-state index in [1.165, 1.54) is 39.8 Å². The number of benzene rings is 3. The number of fused-ring (bicyclic) bond motifs is 1. The zero-order valence-corrected chi connectivity index (χ0v) is 19.3. The van der Waals surface area contributed by atoms with E-state index in [0.717, 1.165) is 38.3 Å². The zero-order valence-electron chi connectivity index (χ0n) is 17.7. The highest BCUT2D eigenvalue weighted by Gasteiger charge is 2.23. The highest BCUT2D eigenvalue weighted by atomic mass is 32.2. The van der Waals surface area contributed by atoms with Gasteiger partial charge >= 0.3 is 0 Å². The van der Waals surface area contributed by atoms with Gasteiger partial charge in [-0.2, -0.15) is 0 Å². The number of carbonyl (C=O) groups excluding carboxylic acids is 1. The summed E-state index contributed by atoms with van der Waals surface area (Å²) in [7, 11) is 0. The topological polar surface area (TPSA) is 23.6 Å². The summed E-state index contributed by atoms with van der Waals surface area (Å²) in [5.74, 6) is 2.64. The second kappa shape index (κ2) is 9.68. The molecule has 160 valence electrons. The zero-order chi connectivity index (χ0) is 21.0. The quantitative estimate of drug-likeness (QED) is 0.513. The van der Waals surface area contributed by atoms with Gasteiger partial charge in [-0.3, -0.25) is 9.69 Å². The van der Waals surface area contributed by atoms with Crippen molar-refractivity contribution in [3.05, 3.63) is 83.4 Å². The largest absolute Gasteiger partial charge is 0.336 e. The van der Waals surface area contributed by atoms with Crippen molar-refractivity contribution < 1.29 is 4.79 Å². The first-order valence-electron chi connectivity index (χ1n) is 11.1. The normalized spacial score (nSPS) is 18.4. The Bertz CT molecular complexity index is 1030. The summed E-state index contributed by atoms with van der Waals surface area (Å²) < 4.78 is 0.524. The van der Waals surface area contributed by atoms with Crippen LogP contribution < -0.4 is 0 Å². The van der Waals surface area contributed by atoms with E-state index >= 15 is 0 Å². The maximum absolute atomic E-state index is 13.0. The van der Waals surface area contributed by atoms with Crippen molar-refractivity contribution in [2.45, 2.75) is 17.5 Å². The summed E-state index contributed by atoms with van der Waals surface area (Å²) in [6.45, 7) is 4.36. The molecule has 2 aliphatic rings. The van der Waals surface area contributed by atoms with Crippen molar-refractivity contribution in [1.29, 1.82) is 0 Å². The molecule has 0 aromatic heterocycles. The van der Waals surface area contributed by atoms with Crippen LogP contribution in [0.2, 0.25) is 0 Å². The van der Waals surface area contributed by atoms with Crippen LogP contribution >= 0.6 is 23.5 Å². The molecule has 0 N–H and O–H groups in total. The van der Waals surface area contributed by atoms with Crippen molar-refractivity contribution in [1.82, 2.24) is 9.80 Å². The minimum atomic E-state index is 0.167. The number of piperazine rings is 1. The lowest BCUT2D eigenvalue weighted by atomic mass is 10.0. The van der Waals surface area contributed by atoms with E-state index in [2.05, 4.69) is 59.5 Å². The fourth-order valence-corrected chi connectivity index (χ4v) is 7.32. The van der Waals surface area contributed by atoms with Crippen LogP contribution in [0.4, 0.5) is 0 Å². The van der Waals surface area contributed by atoms with E-state index in [1.54, 1.807) is 0 Å². The maximum atomic E-state index is 13.0. The Morgan fingerprint density at radius 3 is 2.32 bits per heavy atom. The van der Waals surface area contributed by atoms with Crippen molar-refractivity contribution in [2.24, 2.45) is 0 Å². The Hall–Kier alpha value is -1.95. The number of hydrogen-bond donors (Lipinski definition) is 0. The molecule has 0 aliphatic carbocycles. The number of amides is 1. The molecule has 0 spiro atoms. The summed E-state index contributed by atoms with van der Waals surface area (Å²) in [6.07, 6.45) is 1.30. The number of nitrogens with zero attached hydrogens (tertiary/aromatic N) is 2. The van der Waals surface area contributed by atoms with Gasteiger partial charge in [-0.25, -0.2) is 0 Å². The Morgan fingerprint density at radius 1 is 0.839 bits per heavy atom. The molecule has 0 saturated carbocycles. The second-order valence-electron chi connectivity index (χ2n) is 8.26. The fourth-order valence-electron chi connectivity index (χ4n) is 4.43. The maximum Gasteiger partial charge on any atom is 0.253 e. The molecule has 0 unspecified atom stereocenters. The van der Waals surface area contributed by atoms with E-state index in [4.69, 9.17) is 0 Å². The number of thioether (sulfide) groups is 2. The molecule has 1 amide bonds. The van der Waals surface area contributed by atoms with Crippen LogP contribution in [0.15, 0.2) is 66.7 Å². The molecular formula is C26H28N2OS2. The predicted octanol–water partition coefficient (Wildman–Crippen LogP) is 5.67. The molecule has 0 bridgehead atoms. The Kier molecular flexibility index (Phi) is 6.53. The SMILES string of the molecule is O=C(c1ccc(C2SCCCS2)cc1)N1CCN(Cc2cccc3ccccc23)CC1. The molecule has 0 atom stereocenters. The first-order valence-corrected chi connectivity index (χ1v) is 13.2. The molecule has 0 radical (unpaired) electrons. The van der Waals surface area contributed by atoms with Crippen LogP contribution in [-0.2, 0) is 6.54 Å². The van der Waals surface area contributed by atoms with Gasteiger partial charge in [0, 0.05) is 38.3 Å². The minimum absolute atomic E-state index is 0.167. The Balaban J connectivity index is 1.19. The van der Waals surface area contributed by atoms with Gasteiger partial charge in [-0.15, -0.1) is 23.5 Å². The molecule has 2 aliphatic heterocycles. The molecule has 3 nitrogen and oxygen atoms in total. The molecular weight excluding hydrogens is 420 g/mol.